The van der Waals surface area contributed by atoms with Gasteiger partial charge in [0.2, 0.25) is 0 Å². The van der Waals surface area contributed by atoms with Crippen LogP contribution in [-0.2, 0) is 0 Å². The van der Waals surface area contributed by atoms with Crippen molar-refractivity contribution in [2.24, 2.45) is 0 Å². The van der Waals surface area contributed by atoms with Gasteiger partial charge in [0, 0.05) is 54.5 Å². The molecule has 13 aromatic rings. The van der Waals surface area contributed by atoms with E-state index in [1.54, 1.807) is 0 Å². The van der Waals surface area contributed by atoms with Crippen LogP contribution in [0, 0.1) is 0 Å². The average molecular weight is 740 g/mol. The van der Waals surface area contributed by atoms with Crippen molar-refractivity contribution < 1.29 is 0 Å². The minimum absolute atomic E-state index is 0.869. The van der Waals surface area contributed by atoms with Crippen LogP contribution in [0.25, 0.3) is 110 Å². The number of hydrogen-bond donors (Lipinski definition) is 0. The van der Waals surface area contributed by atoms with Crippen molar-refractivity contribution in [3.05, 3.63) is 200 Å². The standard InChI is InChI=1S/C53H33N5/c1-7-23-44-36(17-1)37-18-2-8-24-45(37)55(44)34-15-13-16-35(33-34)56-46-25-9-5-21-40(46)42-31-32-43-41-22-6-12-28-49(41)58(53(43)52(42)56)51-30-14-29-50(54-51)57-47-26-10-3-19-38(47)39-20-4-11-27-48(39)57/h1-33H. The van der Waals surface area contributed by atoms with Gasteiger partial charge >= 0.3 is 0 Å². The van der Waals surface area contributed by atoms with Crippen LogP contribution in [0.15, 0.2) is 200 Å². The molecule has 0 saturated heterocycles. The van der Waals surface area contributed by atoms with Crippen LogP contribution in [0.4, 0.5) is 0 Å². The van der Waals surface area contributed by atoms with Gasteiger partial charge in [-0.15, -0.1) is 0 Å². The molecule has 5 nitrogen and oxygen atoms in total. The van der Waals surface area contributed by atoms with Gasteiger partial charge in [0.05, 0.1) is 44.1 Å². The van der Waals surface area contributed by atoms with Gasteiger partial charge in [0.15, 0.2) is 0 Å². The summed E-state index contributed by atoms with van der Waals surface area (Å²) in [6.45, 7) is 0. The molecule has 5 heteroatoms. The van der Waals surface area contributed by atoms with Crippen LogP contribution in [0.3, 0.4) is 0 Å². The first-order valence-electron chi connectivity index (χ1n) is 19.8. The molecule has 270 valence electrons. The molecule has 0 amide bonds. The molecule has 58 heavy (non-hydrogen) atoms. The van der Waals surface area contributed by atoms with Crippen molar-refractivity contribution in [1.82, 2.24) is 23.3 Å². The predicted octanol–water partition coefficient (Wildman–Crippen LogP) is 13.5. The molecule has 0 atom stereocenters. The van der Waals surface area contributed by atoms with Gasteiger partial charge in [-0.2, -0.15) is 0 Å². The van der Waals surface area contributed by atoms with Crippen LogP contribution in [0.1, 0.15) is 0 Å². The maximum absolute atomic E-state index is 5.54. The Morgan fingerprint density at radius 1 is 0.241 bits per heavy atom. The van der Waals surface area contributed by atoms with Crippen molar-refractivity contribution in [3.8, 4) is 23.0 Å². The SMILES string of the molecule is c1cc(-n2c3ccccc3c3ccccc32)cc(-n2c3ccccc3c3ccc4c5ccccc5n(-c5cccc(-n6c7ccccc7c7ccccc76)n5)c4c32)c1. The second-order valence-corrected chi connectivity index (χ2v) is 15.2. The van der Waals surface area contributed by atoms with Gasteiger partial charge in [-0.25, -0.2) is 4.98 Å². The zero-order valence-electron chi connectivity index (χ0n) is 31.3. The lowest BCUT2D eigenvalue weighted by molar-refractivity contribution is 1.01. The Morgan fingerprint density at radius 2 is 0.569 bits per heavy atom. The van der Waals surface area contributed by atoms with E-state index in [2.05, 4.69) is 218 Å². The summed E-state index contributed by atoms with van der Waals surface area (Å²) < 4.78 is 9.56. The predicted molar refractivity (Wildman–Crippen MR) is 242 cm³/mol. The number of fused-ring (bicyclic) bond motifs is 13. The van der Waals surface area contributed by atoms with Gasteiger partial charge < -0.3 is 9.13 Å². The molecule has 0 fully saturated rings. The summed E-state index contributed by atoms with van der Waals surface area (Å²) in [4.78, 5) is 5.54. The first-order chi connectivity index (χ1) is 28.8. The fourth-order valence-electron chi connectivity index (χ4n) is 9.81. The van der Waals surface area contributed by atoms with Crippen LogP contribution in [0.2, 0.25) is 0 Å². The highest BCUT2D eigenvalue weighted by atomic mass is 15.1. The number of pyridine rings is 1. The Labute approximate surface area is 332 Å². The molecule has 0 unspecified atom stereocenters. The Hall–Kier alpha value is -7.89. The normalized spacial score (nSPS) is 12.1. The van der Waals surface area contributed by atoms with E-state index in [1.807, 2.05) is 0 Å². The van der Waals surface area contributed by atoms with Crippen molar-refractivity contribution in [2.45, 2.75) is 0 Å². The molecule has 0 aliphatic heterocycles. The van der Waals surface area contributed by atoms with E-state index in [-0.39, 0.29) is 0 Å². The minimum Gasteiger partial charge on any atom is -0.309 e. The maximum Gasteiger partial charge on any atom is 0.140 e. The van der Waals surface area contributed by atoms with Crippen LogP contribution >= 0.6 is 0 Å². The lowest BCUT2D eigenvalue weighted by Crippen LogP contribution is -2.04. The molecular weight excluding hydrogens is 707 g/mol. The third kappa shape index (κ3) is 4.22. The number of para-hydroxylation sites is 6. The molecule has 5 aromatic heterocycles. The highest BCUT2D eigenvalue weighted by Gasteiger charge is 2.23. The molecule has 0 bridgehead atoms. The average Bonchev–Trinajstić information content (AvgIpc) is 4.02. The fourth-order valence-corrected chi connectivity index (χ4v) is 9.81. The van der Waals surface area contributed by atoms with Crippen LogP contribution in [-0.4, -0.2) is 23.3 Å². The molecule has 0 spiro atoms. The van der Waals surface area contributed by atoms with E-state index in [4.69, 9.17) is 4.98 Å². The maximum atomic E-state index is 5.54. The van der Waals surface area contributed by atoms with E-state index < -0.39 is 0 Å². The summed E-state index contributed by atoms with van der Waals surface area (Å²) in [5.74, 6) is 1.75. The van der Waals surface area contributed by atoms with Crippen molar-refractivity contribution in [2.75, 3.05) is 0 Å². The zero-order chi connectivity index (χ0) is 37.9. The van der Waals surface area contributed by atoms with Gasteiger partial charge in [-0.3, -0.25) is 9.13 Å². The highest BCUT2D eigenvalue weighted by molar-refractivity contribution is 6.24. The monoisotopic (exact) mass is 739 g/mol. The first kappa shape index (κ1) is 31.3. The quantitative estimate of drug-likeness (QED) is 0.177. The van der Waals surface area contributed by atoms with Gasteiger partial charge in [-0.05, 0) is 66.7 Å². The second kappa shape index (κ2) is 11.8. The molecular formula is C53H33N5. The third-order valence-electron chi connectivity index (χ3n) is 12.2. The van der Waals surface area contributed by atoms with Crippen molar-refractivity contribution in [1.29, 1.82) is 0 Å². The summed E-state index contributed by atoms with van der Waals surface area (Å²) in [5.41, 5.74) is 11.4. The molecule has 0 saturated carbocycles. The summed E-state index contributed by atoms with van der Waals surface area (Å²) in [6.07, 6.45) is 0. The van der Waals surface area contributed by atoms with E-state index in [9.17, 15) is 0 Å². The van der Waals surface area contributed by atoms with Crippen LogP contribution < -0.4 is 0 Å². The minimum atomic E-state index is 0.869. The fraction of sp³-hybridized carbons (Fsp3) is 0. The summed E-state index contributed by atoms with van der Waals surface area (Å²) in [7, 11) is 0. The molecule has 0 aliphatic carbocycles. The lowest BCUT2D eigenvalue weighted by Gasteiger charge is -2.15. The van der Waals surface area contributed by atoms with Crippen molar-refractivity contribution >= 4 is 87.2 Å². The number of benzene rings is 8. The van der Waals surface area contributed by atoms with Gasteiger partial charge in [0.25, 0.3) is 0 Å². The lowest BCUT2D eigenvalue weighted by atomic mass is 10.1. The molecule has 0 radical (unpaired) electrons. The third-order valence-corrected chi connectivity index (χ3v) is 12.2. The number of rotatable bonds is 4. The van der Waals surface area contributed by atoms with Crippen LogP contribution in [0.5, 0.6) is 0 Å². The van der Waals surface area contributed by atoms with Crippen molar-refractivity contribution in [3.63, 3.8) is 0 Å². The molecule has 5 heterocycles. The summed E-state index contributed by atoms with van der Waals surface area (Å²) in [5, 5.41) is 9.74. The largest absolute Gasteiger partial charge is 0.309 e. The molecule has 0 N–H and O–H groups in total. The van der Waals surface area contributed by atoms with E-state index >= 15 is 0 Å². The summed E-state index contributed by atoms with van der Waals surface area (Å²) >= 11 is 0. The Morgan fingerprint density at radius 3 is 1.05 bits per heavy atom. The molecule has 8 aromatic carbocycles. The highest BCUT2D eigenvalue weighted by Crippen LogP contribution is 2.42. The molecule has 0 aliphatic rings. The number of aromatic nitrogens is 5. The molecule has 13 rings (SSSR count). The van der Waals surface area contributed by atoms with Gasteiger partial charge in [0.1, 0.15) is 11.6 Å². The Balaban J connectivity index is 1.12. The second-order valence-electron chi connectivity index (χ2n) is 15.2. The topological polar surface area (TPSA) is 32.6 Å². The van der Waals surface area contributed by atoms with Gasteiger partial charge in [-0.1, -0.05) is 133 Å². The summed E-state index contributed by atoms with van der Waals surface area (Å²) in [6, 6.07) is 72.3. The Kier molecular flexibility index (Phi) is 6.38. The van der Waals surface area contributed by atoms with E-state index in [0.717, 1.165) is 56.1 Å². The number of nitrogens with zero attached hydrogens (tertiary/aromatic N) is 5. The smallest absolute Gasteiger partial charge is 0.140 e. The van der Waals surface area contributed by atoms with E-state index in [0.29, 0.717) is 0 Å². The first-order valence-corrected chi connectivity index (χ1v) is 19.8. The van der Waals surface area contributed by atoms with E-state index in [1.165, 1.54) is 54.1 Å². The number of hydrogen-bond acceptors (Lipinski definition) is 1. The zero-order valence-corrected chi connectivity index (χ0v) is 31.3. The Bertz CT molecular complexity index is 3460.